The molecule has 0 aliphatic rings. The van der Waals surface area contributed by atoms with Crippen LogP contribution >= 0.6 is 0 Å². The number of allylic oxidation sites excluding steroid dienone is 1. The van der Waals surface area contributed by atoms with Crippen molar-refractivity contribution in [2.24, 2.45) is 0 Å². The molecule has 2 heterocycles. The maximum absolute atomic E-state index is 9.22. The summed E-state index contributed by atoms with van der Waals surface area (Å²) >= 11 is 0. The lowest BCUT2D eigenvalue weighted by Gasteiger charge is -2.09. The van der Waals surface area contributed by atoms with Gasteiger partial charge < -0.3 is 14.5 Å². The average molecular weight is 338 g/mol. The summed E-state index contributed by atoms with van der Waals surface area (Å²) in [6.45, 7) is 1.93. The number of nitrogens with zero attached hydrogens (tertiary/aromatic N) is 6. The molecule has 0 atom stereocenters. The molecule has 0 saturated carbocycles. The molecule has 10 heteroatoms. The summed E-state index contributed by atoms with van der Waals surface area (Å²) in [5.74, 6) is 1.74. The van der Waals surface area contributed by atoms with E-state index in [0.29, 0.717) is 29.6 Å². The number of aromatic nitrogens is 6. The SMILES string of the molecule is CCc1nnc(-c2ccc(OC)c(NC=C(C#N)c3nn[nH]n3)c2)o1. The Morgan fingerprint density at radius 3 is 2.92 bits per heavy atom. The summed E-state index contributed by atoms with van der Waals surface area (Å²) in [7, 11) is 1.55. The number of rotatable bonds is 6. The van der Waals surface area contributed by atoms with E-state index >= 15 is 0 Å². The zero-order valence-corrected chi connectivity index (χ0v) is 13.5. The molecule has 0 unspecified atom stereocenters. The second kappa shape index (κ2) is 7.22. The molecule has 3 aromatic rings. The van der Waals surface area contributed by atoms with Crippen molar-refractivity contribution in [1.82, 2.24) is 30.8 Å². The standard InChI is InChI=1S/C15H14N8O2/c1-3-13-18-21-15(25-13)9-4-5-12(24-2)11(6-9)17-8-10(7-16)14-19-22-23-20-14/h4-6,8,17H,3H2,1-2H3,(H,19,20,22,23). The van der Waals surface area contributed by atoms with E-state index in [1.807, 2.05) is 19.1 Å². The van der Waals surface area contributed by atoms with E-state index in [1.165, 1.54) is 6.20 Å². The number of nitriles is 1. The quantitative estimate of drug-likeness (QED) is 0.644. The minimum absolute atomic E-state index is 0.189. The number of H-pyrrole nitrogens is 1. The van der Waals surface area contributed by atoms with Crippen LogP contribution in [0, 0.1) is 11.3 Å². The molecule has 0 radical (unpaired) electrons. The van der Waals surface area contributed by atoms with Crippen LogP contribution in [0.15, 0.2) is 28.8 Å². The first kappa shape index (κ1) is 16.1. The molecule has 0 amide bonds. The number of nitrogens with one attached hydrogen (secondary N) is 2. The fraction of sp³-hybridized carbons (Fsp3) is 0.200. The van der Waals surface area contributed by atoms with Gasteiger partial charge in [0.25, 0.3) is 0 Å². The summed E-state index contributed by atoms with van der Waals surface area (Å²) in [4.78, 5) is 0. The van der Waals surface area contributed by atoms with Crippen LogP contribution in [-0.2, 0) is 6.42 Å². The van der Waals surface area contributed by atoms with E-state index in [-0.39, 0.29) is 11.4 Å². The van der Waals surface area contributed by atoms with Crippen LogP contribution in [0.3, 0.4) is 0 Å². The molecule has 0 saturated heterocycles. The fourth-order valence-corrected chi connectivity index (χ4v) is 2.04. The Morgan fingerprint density at radius 2 is 2.28 bits per heavy atom. The summed E-state index contributed by atoms with van der Waals surface area (Å²) in [6, 6.07) is 7.36. The molecule has 3 rings (SSSR count). The van der Waals surface area contributed by atoms with E-state index in [1.54, 1.807) is 19.2 Å². The minimum atomic E-state index is 0.189. The van der Waals surface area contributed by atoms with Crippen molar-refractivity contribution >= 4 is 11.3 Å². The smallest absolute Gasteiger partial charge is 0.247 e. The third-order valence-corrected chi connectivity index (χ3v) is 3.29. The van der Waals surface area contributed by atoms with Crippen LogP contribution in [0.1, 0.15) is 18.6 Å². The summed E-state index contributed by atoms with van der Waals surface area (Å²) < 4.78 is 10.9. The van der Waals surface area contributed by atoms with Crippen LogP contribution < -0.4 is 10.1 Å². The van der Waals surface area contributed by atoms with Gasteiger partial charge in [-0.25, -0.2) is 0 Å². The molecule has 126 valence electrons. The Kier molecular flexibility index (Phi) is 4.66. The Balaban J connectivity index is 1.91. The number of aromatic amines is 1. The molecule has 0 bridgehead atoms. The van der Waals surface area contributed by atoms with Gasteiger partial charge >= 0.3 is 0 Å². The van der Waals surface area contributed by atoms with Crippen molar-refractivity contribution in [3.05, 3.63) is 36.1 Å². The van der Waals surface area contributed by atoms with Gasteiger partial charge in [-0.05, 0) is 23.4 Å². The van der Waals surface area contributed by atoms with Gasteiger partial charge in [-0.3, -0.25) is 0 Å². The largest absolute Gasteiger partial charge is 0.495 e. The Morgan fingerprint density at radius 1 is 1.40 bits per heavy atom. The number of anilines is 1. The van der Waals surface area contributed by atoms with Crippen LogP contribution in [0.5, 0.6) is 5.75 Å². The molecule has 0 spiro atoms. The highest BCUT2D eigenvalue weighted by Gasteiger charge is 2.12. The normalized spacial score (nSPS) is 11.2. The number of aryl methyl sites for hydroxylation is 1. The van der Waals surface area contributed by atoms with Crippen LogP contribution in [-0.4, -0.2) is 37.9 Å². The van der Waals surface area contributed by atoms with Crippen molar-refractivity contribution in [3.63, 3.8) is 0 Å². The average Bonchev–Trinajstić information content (AvgIpc) is 3.34. The molecule has 0 fully saturated rings. The maximum Gasteiger partial charge on any atom is 0.247 e. The number of hydrogen-bond donors (Lipinski definition) is 2. The van der Waals surface area contributed by atoms with Crippen LogP contribution in [0.4, 0.5) is 5.69 Å². The summed E-state index contributed by atoms with van der Waals surface area (Å²) in [5.41, 5.74) is 1.56. The third kappa shape index (κ3) is 3.45. The predicted molar refractivity (Wildman–Crippen MR) is 87.1 cm³/mol. The van der Waals surface area contributed by atoms with Gasteiger partial charge in [0.15, 0.2) is 0 Å². The maximum atomic E-state index is 9.22. The molecule has 0 aliphatic carbocycles. The van der Waals surface area contributed by atoms with Crippen LogP contribution in [0.2, 0.25) is 0 Å². The Labute approximate surface area is 142 Å². The van der Waals surface area contributed by atoms with Gasteiger partial charge in [0.1, 0.15) is 17.4 Å². The lowest BCUT2D eigenvalue weighted by molar-refractivity contribution is 0.417. The topological polar surface area (TPSA) is 138 Å². The highest BCUT2D eigenvalue weighted by molar-refractivity contribution is 5.76. The second-order valence-corrected chi connectivity index (χ2v) is 4.82. The predicted octanol–water partition coefficient (Wildman–Crippen LogP) is 1.80. The molecule has 10 nitrogen and oxygen atoms in total. The Hall–Kier alpha value is -3.74. The monoisotopic (exact) mass is 338 g/mol. The highest BCUT2D eigenvalue weighted by atomic mass is 16.5. The zero-order chi connectivity index (χ0) is 17.6. The highest BCUT2D eigenvalue weighted by Crippen LogP contribution is 2.30. The van der Waals surface area contributed by atoms with Gasteiger partial charge in [0.05, 0.1) is 12.8 Å². The third-order valence-electron chi connectivity index (χ3n) is 3.29. The number of benzene rings is 1. The zero-order valence-electron chi connectivity index (χ0n) is 13.5. The van der Waals surface area contributed by atoms with E-state index in [9.17, 15) is 5.26 Å². The molecular formula is C15H14N8O2. The molecule has 2 aromatic heterocycles. The molecule has 0 aliphatic heterocycles. The lowest BCUT2D eigenvalue weighted by Crippen LogP contribution is -1.96. The minimum Gasteiger partial charge on any atom is -0.495 e. The van der Waals surface area contributed by atoms with Gasteiger partial charge in [0, 0.05) is 18.2 Å². The van der Waals surface area contributed by atoms with E-state index in [2.05, 4.69) is 36.1 Å². The van der Waals surface area contributed by atoms with Crippen LogP contribution in [0.25, 0.3) is 17.0 Å². The summed E-state index contributed by atoms with van der Waals surface area (Å²) in [6.07, 6.45) is 2.13. The fourth-order valence-electron chi connectivity index (χ4n) is 2.04. The molecule has 25 heavy (non-hydrogen) atoms. The second-order valence-electron chi connectivity index (χ2n) is 4.82. The van der Waals surface area contributed by atoms with E-state index in [4.69, 9.17) is 9.15 Å². The summed E-state index contributed by atoms with van der Waals surface area (Å²) in [5, 5.41) is 33.5. The van der Waals surface area contributed by atoms with Gasteiger partial charge in [-0.1, -0.05) is 6.92 Å². The van der Waals surface area contributed by atoms with Gasteiger partial charge in [-0.15, -0.1) is 20.4 Å². The van der Waals surface area contributed by atoms with Gasteiger partial charge in [0.2, 0.25) is 17.6 Å². The lowest BCUT2D eigenvalue weighted by atomic mass is 10.2. The van der Waals surface area contributed by atoms with Gasteiger partial charge in [-0.2, -0.15) is 10.5 Å². The van der Waals surface area contributed by atoms with Crippen molar-refractivity contribution in [2.45, 2.75) is 13.3 Å². The van der Waals surface area contributed by atoms with Crippen molar-refractivity contribution in [1.29, 1.82) is 5.26 Å². The number of methoxy groups -OCH3 is 1. The first-order valence-corrected chi connectivity index (χ1v) is 7.36. The number of tetrazole rings is 1. The van der Waals surface area contributed by atoms with Crippen molar-refractivity contribution in [3.8, 4) is 23.3 Å². The number of ether oxygens (including phenoxy) is 1. The van der Waals surface area contributed by atoms with Crippen molar-refractivity contribution < 1.29 is 9.15 Å². The molecule has 2 N–H and O–H groups in total. The van der Waals surface area contributed by atoms with E-state index < -0.39 is 0 Å². The Bertz CT molecular complexity index is 923. The number of hydrogen-bond acceptors (Lipinski definition) is 9. The van der Waals surface area contributed by atoms with Crippen molar-refractivity contribution in [2.75, 3.05) is 12.4 Å². The first-order valence-electron chi connectivity index (χ1n) is 7.36. The van der Waals surface area contributed by atoms with E-state index in [0.717, 1.165) is 5.56 Å². The molecular weight excluding hydrogens is 324 g/mol. The molecule has 1 aromatic carbocycles. The first-order chi connectivity index (χ1) is 12.2.